The lowest BCUT2D eigenvalue weighted by molar-refractivity contribution is 0.445. The molecule has 2 rings (SSSR count). The average molecular weight is 288 g/mol. The Morgan fingerprint density at radius 1 is 1.47 bits per heavy atom. The van der Waals surface area contributed by atoms with Crippen LogP contribution in [0.25, 0.3) is 0 Å². The summed E-state index contributed by atoms with van der Waals surface area (Å²) in [5, 5.41) is 11.5. The van der Waals surface area contributed by atoms with E-state index in [-0.39, 0.29) is 0 Å². The summed E-state index contributed by atoms with van der Waals surface area (Å²) in [7, 11) is 0. The molecule has 0 aromatic heterocycles. The van der Waals surface area contributed by atoms with Gasteiger partial charge in [0.15, 0.2) is 0 Å². The molecule has 0 heterocycles. The van der Waals surface area contributed by atoms with Crippen LogP contribution in [0, 0.1) is 5.41 Å². The van der Waals surface area contributed by atoms with Crippen molar-refractivity contribution >= 4 is 39.4 Å². The molecule has 0 bridgehead atoms. The molecule has 1 aromatic carbocycles. The van der Waals surface area contributed by atoms with Crippen LogP contribution < -0.4 is 5.32 Å². The highest BCUT2D eigenvalue weighted by Crippen LogP contribution is 2.32. The first kappa shape index (κ1) is 11.0. The van der Waals surface area contributed by atoms with Crippen molar-refractivity contribution in [3.8, 4) is 0 Å². The second kappa shape index (κ2) is 4.54. The zero-order valence-corrected chi connectivity index (χ0v) is 10.5. The highest BCUT2D eigenvalue weighted by Gasteiger charge is 2.18. The van der Waals surface area contributed by atoms with Crippen LogP contribution in [-0.4, -0.2) is 12.3 Å². The molecule has 0 atom stereocenters. The number of hydrogen-bond donors (Lipinski definition) is 2. The summed E-state index contributed by atoms with van der Waals surface area (Å²) >= 11 is 9.37. The molecule has 2 nitrogen and oxygen atoms in total. The van der Waals surface area contributed by atoms with Crippen molar-refractivity contribution in [1.82, 2.24) is 0 Å². The number of hydrogen-bond acceptors (Lipinski definition) is 2. The highest BCUT2D eigenvalue weighted by molar-refractivity contribution is 9.10. The van der Waals surface area contributed by atoms with Gasteiger partial charge in [0.1, 0.15) is 0 Å². The van der Waals surface area contributed by atoms with E-state index in [0.717, 1.165) is 15.7 Å². The summed E-state index contributed by atoms with van der Waals surface area (Å²) in [6.45, 7) is 0. The summed E-state index contributed by atoms with van der Waals surface area (Å²) in [5.41, 5.74) is 1.82. The summed E-state index contributed by atoms with van der Waals surface area (Å²) in [4.78, 5) is 0. The average Bonchev–Trinajstić information content (AvgIpc) is 2.17. The fourth-order valence-corrected chi connectivity index (χ4v) is 2.23. The van der Waals surface area contributed by atoms with Crippen molar-refractivity contribution in [2.75, 3.05) is 5.32 Å². The van der Waals surface area contributed by atoms with Crippen LogP contribution >= 0.6 is 27.5 Å². The molecule has 0 aliphatic heterocycles. The Balaban J connectivity index is 2.28. The molecular formula is C11H12BrClN2. The van der Waals surface area contributed by atoms with Crippen molar-refractivity contribution in [1.29, 1.82) is 5.41 Å². The second-order valence-electron chi connectivity index (χ2n) is 3.74. The van der Waals surface area contributed by atoms with Gasteiger partial charge < -0.3 is 10.7 Å². The number of rotatable bonds is 3. The molecule has 0 unspecified atom stereocenters. The summed E-state index contributed by atoms with van der Waals surface area (Å²) in [5.74, 6) is 0. The molecular weight excluding hydrogens is 275 g/mol. The largest absolute Gasteiger partial charge is 0.382 e. The van der Waals surface area contributed by atoms with E-state index in [1.54, 1.807) is 0 Å². The van der Waals surface area contributed by atoms with Crippen molar-refractivity contribution in [3.63, 3.8) is 0 Å². The normalized spacial score (nSPS) is 15.9. The Kier molecular flexibility index (Phi) is 3.32. The van der Waals surface area contributed by atoms with Crippen molar-refractivity contribution in [3.05, 3.63) is 27.2 Å². The molecule has 80 valence electrons. The third kappa shape index (κ3) is 2.18. The van der Waals surface area contributed by atoms with Crippen molar-refractivity contribution in [2.24, 2.45) is 0 Å². The minimum absolute atomic E-state index is 0.566. The zero-order chi connectivity index (χ0) is 10.8. The van der Waals surface area contributed by atoms with Gasteiger partial charge in [0.2, 0.25) is 0 Å². The predicted octanol–water partition coefficient (Wildman–Crippen LogP) is 4.06. The van der Waals surface area contributed by atoms with Gasteiger partial charge >= 0.3 is 0 Å². The van der Waals surface area contributed by atoms with Crippen molar-refractivity contribution < 1.29 is 0 Å². The maximum absolute atomic E-state index is 7.39. The van der Waals surface area contributed by atoms with E-state index in [4.69, 9.17) is 17.0 Å². The zero-order valence-electron chi connectivity index (χ0n) is 8.19. The molecule has 1 aromatic rings. The molecule has 1 aliphatic carbocycles. The van der Waals surface area contributed by atoms with E-state index in [2.05, 4.69) is 21.2 Å². The van der Waals surface area contributed by atoms with E-state index in [9.17, 15) is 0 Å². The van der Waals surface area contributed by atoms with Crippen LogP contribution in [0.1, 0.15) is 24.8 Å². The van der Waals surface area contributed by atoms with Gasteiger partial charge in [-0.15, -0.1) is 0 Å². The molecule has 15 heavy (non-hydrogen) atoms. The molecule has 1 saturated carbocycles. The number of anilines is 1. The summed E-state index contributed by atoms with van der Waals surface area (Å²) in [6.07, 6.45) is 5.07. The topological polar surface area (TPSA) is 35.9 Å². The van der Waals surface area contributed by atoms with Crippen LogP contribution in [0.4, 0.5) is 5.69 Å². The smallest absolute Gasteiger partial charge is 0.0556 e. The number of nitrogens with one attached hydrogen (secondary N) is 2. The molecule has 4 heteroatoms. The van der Waals surface area contributed by atoms with E-state index < -0.39 is 0 Å². The first-order chi connectivity index (χ1) is 7.22. The minimum Gasteiger partial charge on any atom is -0.382 e. The Bertz CT molecular complexity index is 388. The lowest BCUT2D eigenvalue weighted by Crippen LogP contribution is -2.27. The van der Waals surface area contributed by atoms with E-state index >= 15 is 0 Å². The quantitative estimate of drug-likeness (QED) is 0.808. The van der Waals surface area contributed by atoms with Gasteiger partial charge in [-0.25, -0.2) is 0 Å². The lowest BCUT2D eigenvalue weighted by Gasteiger charge is -2.28. The van der Waals surface area contributed by atoms with Gasteiger partial charge in [0.05, 0.1) is 5.02 Å². The summed E-state index contributed by atoms with van der Waals surface area (Å²) in [6, 6.07) is 4.35. The molecule has 0 saturated heterocycles. The predicted molar refractivity (Wildman–Crippen MR) is 68.3 cm³/mol. The SMILES string of the molecule is N=Cc1c(NC2CCC2)ccc(Cl)c1Br. The van der Waals surface area contributed by atoms with Crippen LogP contribution in [0.5, 0.6) is 0 Å². The summed E-state index contributed by atoms with van der Waals surface area (Å²) < 4.78 is 0.795. The monoisotopic (exact) mass is 286 g/mol. The maximum Gasteiger partial charge on any atom is 0.0556 e. The molecule has 2 N–H and O–H groups in total. The van der Waals surface area contributed by atoms with Gasteiger partial charge in [-0.1, -0.05) is 11.6 Å². The van der Waals surface area contributed by atoms with Gasteiger partial charge in [0.25, 0.3) is 0 Å². The molecule has 0 amide bonds. The Morgan fingerprint density at radius 2 is 2.20 bits per heavy atom. The van der Waals surface area contributed by atoms with Gasteiger partial charge in [0, 0.05) is 28.0 Å². The Labute approximate surface area is 103 Å². The van der Waals surface area contributed by atoms with Crippen LogP contribution in [0.2, 0.25) is 5.02 Å². The van der Waals surface area contributed by atoms with E-state index in [1.165, 1.54) is 25.5 Å². The lowest BCUT2D eigenvalue weighted by atomic mass is 9.92. The van der Waals surface area contributed by atoms with E-state index in [1.807, 2.05) is 12.1 Å². The third-order valence-corrected chi connectivity index (χ3v) is 4.14. The van der Waals surface area contributed by atoms with Gasteiger partial charge in [-0.05, 0) is 47.3 Å². The first-order valence-electron chi connectivity index (χ1n) is 4.97. The van der Waals surface area contributed by atoms with E-state index in [0.29, 0.717) is 11.1 Å². The molecule has 1 aliphatic rings. The van der Waals surface area contributed by atoms with Crippen LogP contribution in [-0.2, 0) is 0 Å². The first-order valence-corrected chi connectivity index (χ1v) is 6.14. The number of benzene rings is 1. The third-order valence-electron chi connectivity index (χ3n) is 2.74. The minimum atomic E-state index is 0.566. The second-order valence-corrected chi connectivity index (χ2v) is 4.94. The van der Waals surface area contributed by atoms with Crippen LogP contribution in [0.15, 0.2) is 16.6 Å². The van der Waals surface area contributed by atoms with Crippen molar-refractivity contribution in [2.45, 2.75) is 25.3 Å². The Morgan fingerprint density at radius 3 is 2.73 bits per heavy atom. The van der Waals surface area contributed by atoms with Gasteiger partial charge in [-0.2, -0.15) is 0 Å². The Hall–Kier alpha value is -0.540. The molecule has 0 radical (unpaired) electrons. The van der Waals surface area contributed by atoms with Gasteiger partial charge in [-0.3, -0.25) is 0 Å². The molecule has 1 fully saturated rings. The fraction of sp³-hybridized carbons (Fsp3) is 0.364. The maximum atomic E-state index is 7.39. The highest BCUT2D eigenvalue weighted by atomic mass is 79.9. The number of halogens is 2. The molecule has 0 spiro atoms. The standard InChI is InChI=1S/C11H12BrClN2/c12-11-8(6-14)10(5-4-9(11)13)15-7-2-1-3-7/h4-7,14-15H,1-3H2. The van der Waals surface area contributed by atoms with Crippen LogP contribution in [0.3, 0.4) is 0 Å². The fourth-order valence-electron chi connectivity index (χ4n) is 1.61.